The van der Waals surface area contributed by atoms with Crippen LogP contribution in [0.2, 0.25) is 0 Å². The lowest BCUT2D eigenvalue weighted by molar-refractivity contribution is 0.00916. The molecule has 0 unspecified atom stereocenters. The van der Waals surface area contributed by atoms with Gasteiger partial charge in [0.1, 0.15) is 11.3 Å². The average Bonchev–Trinajstić information content (AvgIpc) is 3.08. The summed E-state index contributed by atoms with van der Waals surface area (Å²) in [6.07, 6.45) is 2.44. The van der Waals surface area contributed by atoms with E-state index < -0.39 is 5.97 Å². The van der Waals surface area contributed by atoms with Crippen LogP contribution in [0.5, 0.6) is 5.75 Å². The van der Waals surface area contributed by atoms with Gasteiger partial charge in [0, 0.05) is 4.47 Å². The van der Waals surface area contributed by atoms with Crippen LogP contribution in [0.15, 0.2) is 22.7 Å². The minimum Gasteiger partial charge on any atom is -0.478 e. The zero-order valence-corrected chi connectivity index (χ0v) is 10.8. The highest BCUT2D eigenvalue weighted by molar-refractivity contribution is 9.10. The number of hydrogen-bond donors (Lipinski definition) is 1. The molecular formula is C12H13BrO4. The van der Waals surface area contributed by atoms with Crippen LogP contribution in [0, 0.1) is 5.92 Å². The molecule has 17 heavy (non-hydrogen) atoms. The first-order chi connectivity index (χ1) is 8.16. The molecule has 1 aliphatic rings. The topological polar surface area (TPSA) is 55.8 Å². The summed E-state index contributed by atoms with van der Waals surface area (Å²) >= 11 is 3.27. The van der Waals surface area contributed by atoms with Gasteiger partial charge in [-0.15, -0.1) is 0 Å². The van der Waals surface area contributed by atoms with Gasteiger partial charge in [-0.05, 0) is 37.0 Å². The molecule has 92 valence electrons. The monoisotopic (exact) mass is 300 g/mol. The molecule has 0 aromatic heterocycles. The fourth-order valence-electron chi connectivity index (χ4n) is 1.40. The Balaban J connectivity index is 1.92. The summed E-state index contributed by atoms with van der Waals surface area (Å²) < 4.78 is 11.4. The molecule has 4 nitrogen and oxygen atoms in total. The van der Waals surface area contributed by atoms with E-state index >= 15 is 0 Å². The number of aromatic carboxylic acids is 1. The van der Waals surface area contributed by atoms with Crippen molar-refractivity contribution in [1.82, 2.24) is 0 Å². The number of benzene rings is 1. The number of hydrogen-bond acceptors (Lipinski definition) is 3. The van der Waals surface area contributed by atoms with E-state index in [0.717, 1.165) is 4.47 Å². The van der Waals surface area contributed by atoms with Gasteiger partial charge in [-0.1, -0.05) is 15.9 Å². The quantitative estimate of drug-likeness (QED) is 0.648. The summed E-state index contributed by atoms with van der Waals surface area (Å²) in [5.41, 5.74) is 0.142. The number of ether oxygens (including phenoxy) is 2. The molecule has 5 heteroatoms. The smallest absolute Gasteiger partial charge is 0.339 e. The van der Waals surface area contributed by atoms with Crippen molar-refractivity contribution in [3.63, 3.8) is 0 Å². The molecule has 0 atom stereocenters. The molecule has 0 radical (unpaired) electrons. The van der Waals surface area contributed by atoms with Crippen molar-refractivity contribution < 1.29 is 19.4 Å². The first-order valence-electron chi connectivity index (χ1n) is 5.40. The van der Waals surface area contributed by atoms with Crippen LogP contribution in [-0.2, 0) is 4.74 Å². The molecule has 1 fully saturated rings. The summed E-state index contributed by atoms with van der Waals surface area (Å²) in [6.45, 7) is 0.781. The minimum absolute atomic E-state index is 0.0905. The van der Waals surface area contributed by atoms with E-state index in [1.807, 2.05) is 0 Å². The number of halogens is 1. The zero-order valence-electron chi connectivity index (χ0n) is 9.19. The highest BCUT2D eigenvalue weighted by Gasteiger charge is 2.21. The fraction of sp³-hybridized carbons (Fsp3) is 0.417. The molecule has 1 N–H and O–H groups in total. The van der Waals surface area contributed by atoms with Gasteiger partial charge in [-0.25, -0.2) is 4.79 Å². The van der Waals surface area contributed by atoms with Crippen molar-refractivity contribution in [3.05, 3.63) is 28.2 Å². The standard InChI is InChI=1S/C12H13BrO4/c13-9-3-4-10(12(14)15)11(5-9)17-7-16-6-8-1-2-8/h3-5,8H,1-2,6-7H2,(H,14,15). The Hall–Kier alpha value is -1.07. The van der Waals surface area contributed by atoms with E-state index in [0.29, 0.717) is 18.3 Å². The Kier molecular flexibility index (Phi) is 4.02. The number of carboxylic acid groups (broad SMARTS) is 1. The zero-order chi connectivity index (χ0) is 12.3. The van der Waals surface area contributed by atoms with E-state index in [9.17, 15) is 4.79 Å². The van der Waals surface area contributed by atoms with E-state index in [1.165, 1.54) is 18.9 Å². The summed E-state index contributed by atoms with van der Waals surface area (Å²) in [6, 6.07) is 4.80. The summed E-state index contributed by atoms with van der Waals surface area (Å²) in [5.74, 6) is -0.0163. The van der Waals surface area contributed by atoms with E-state index in [4.69, 9.17) is 14.6 Å². The van der Waals surface area contributed by atoms with Crippen molar-refractivity contribution >= 4 is 21.9 Å². The maximum absolute atomic E-state index is 10.9. The lowest BCUT2D eigenvalue weighted by Gasteiger charge is -2.09. The first-order valence-corrected chi connectivity index (χ1v) is 6.19. The predicted molar refractivity (Wildman–Crippen MR) is 65.3 cm³/mol. The fourth-order valence-corrected chi connectivity index (χ4v) is 1.74. The number of rotatable bonds is 6. The van der Waals surface area contributed by atoms with Crippen molar-refractivity contribution in [1.29, 1.82) is 0 Å². The van der Waals surface area contributed by atoms with Gasteiger partial charge in [-0.2, -0.15) is 0 Å². The van der Waals surface area contributed by atoms with Crippen molar-refractivity contribution in [3.8, 4) is 5.75 Å². The summed E-state index contributed by atoms with van der Waals surface area (Å²) in [5, 5.41) is 8.98. The summed E-state index contributed by atoms with van der Waals surface area (Å²) in [4.78, 5) is 10.9. The lowest BCUT2D eigenvalue weighted by Crippen LogP contribution is -2.08. The van der Waals surface area contributed by atoms with Gasteiger partial charge in [0.25, 0.3) is 0 Å². The van der Waals surface area contributed by atoms with Crippen LogP contribution >= 0.6 is 15.9 Å². The van der Waals surface area contributed by atoms with Crippen LogP contribution in [0.4, 0.5) is 0 Å². The third-order valence-electron chi connectivity index (χ3n) is 2.52. The van der Waals surface area contributed by atoms with E-state index in [1.54, 1.807) is 12.1 Å². The second-order valence-corrected chi connectivity index (χ2v) is 4.94. The van der Waals surface area contributed by atoms with Crippen molar-refractivity contribution in [2.75, 3.05) is 13.4 Å². The van der Waals surface area contributed by atoms with E-state index in [2.05, 4.69) is 15.9 Å². The third-order valence-corrected chi connectivity index (χ3v) is 3.02. The number of carbonyl (C=O) groups is 1. The van der Waals surface area contributed by atoms with Crippen LogP contribution in [0.25, 0.3) is 0 Å². The van der Waals surface area contributed by atoms with Gasteiger partial charge >= 0.3 is 5.97 Å². The average molecular weight is 301 g/mol. The normalized spacial score (nSPS) is 14.6. The predicted octanol–water partition coefficient (Wildman–Crippen LogP) is 2.91. The molecule has 0 bridgehead atoms. The number of carboxylic acids is 1. The highest BCUT2D eigenvalue weighted by atomic mass is 79.9. The second-order valence-electron chi connectivity index (χ2n) is 4.02. The lowest BCUT2D eigenvalue weighted by atomic mass is 10.2. The molecule has 1 aliphatic carbocycles. The summed E-state index contributed by atoms with van der Waals surface area (Å²) in [7, 11) is 0. The van der Waals surface area contributed by atoms with Crippen molar-refractivity contribution in [2.45, 2.75) is 12.8 Å². The van der Waals surface area contributed by atoms with Crippen LogP contribution in [0.3, 0.4) is 0 Å². The van der Waals surface area contributed by atoms with Gasteiger partial charge in [0.15, 0.2) is 6.79 Å². The van der Waals surface area contributed by atoms with E-state index in [-0.39, 0.29) is 12.4 Å². The minimum atomic E-state index is -1.00. The molecular weight excluding hydrogens is 288 g/mol. The largest absolute Gasteiger partial charge is 0.478 e. The molecule has 1 saturated carbocycles. The SMILES string of the molecule is O=C(O)c1ccc(Br)cc1OCOCC1CC1. The van der Waals surface area contributed by atoms with Crippen LogP contribution < -0.4 is 4.74 Å². The highest BCUT2D eigenvalue weighted by Crippen LogP contribution is 2.29. The molecule has 0 heterocycles. The Morgan fingerprint density at radius 2 is 2.24 bits per heavy atom. The molecule has 0 spiro atoms. The Bertz CT molecular complexity index is 415. The van der Waals surface area contributed by atoms with Gasteiger partial charge in [-0.3, -0.25) is 0 Å². The third kappa shape index (κ3) is 3.71. The Labute approximate surface area is 108 Å². The maximum atomic E-state index is 10.9. The maximum Gasteiger partial charge on any atom is 0.339 e. The second kappa shape index (κ2) is 5.51. The Morgan fingerprint density at radius 3 is 2.88 bits per heavy atom. The molecule has 1 aromatic rings. The molecule has 0 amide bonds. The van der Waals surface area contributed by atoms with Gasteiger partial charge in [0.05, 0.1) is 6.61 Å². The molecule has 0 aliphatic heterocycles. The van der Waals surface area contributed by atoms with Gasteiger partial charge in [0.2, 0.25) is 0 Å². The van der Waals surface area contributed by atoms with Gasteiger partial charge < -0.3 is 14.6 Å². The Morgan fingerprint density at radius 1 is 1.47 bits per heavy atom. The molecule has 1 aromatic carbocycles. The van der Waals surface area contributed by atoms with Crippen LogP contribution in [0.1, 0.15) is 23.2 Å². The molecule has 0 saturated heterocycles. The van der Waals surface area contributed by atoms with Crippen molar-refractivity contribution in [2.24, 2.45) is 5.92 Å². The van der Waals surface area contributed by atoms with Crippen LogP contribution in [-0.4, -0.2) is 24.5 Å². The molecule has 2 rings (SSSR count). The first kappa shape index (κ1) is 12.4.